The topological polar surface area (TPSA) is 12.0 Å². The van der Waals surface area contributed by atoms with Crippen LogP contribution in [0.5, 0.6) is 0 Å². The molecule has 0 atom stereocenters. The average molecular weight is 207 g/mol. The molecule has 2 rings (SSSR count). The first-order chi connectivity index (χ1) is 7.07. The van der Waals surface area contributed by atoms with Crippen LogP contribution >= 0.6 is 0 Å². The molecule has 0 radical (unpaired) electrons. The summed E-state index contributed by atoms with van der Waals surface area (Å²) >= 11 is 0. The van der Waals surface area contributed by atoms with Crippen LogP contribution in [-0.2, 0) is 18.6 Å². The van der Waals surface area contributed by atoms with Crippen LogP contribution < -0.4 is 5.32 Å². The lowest BCUT2D eigenvalue weighted by Crippen LogP contribution is -2.13. The fourth-order valence-electron chi connectivity index (χ4n) is 2.03. The van der Waals surface area contributed by atoms with Crippen molar-refractivity contribution >= 4 is 0 Å². The highest BCUT2D eigenvalue weighted by Crippen LogP contribution is 2.27. The molecule has 0 aliphatic carbocycles. The van der Waals surface area contributed by atoms with Gasteiger partial charge >= 0.3 is 0 Å². The van der Waals surface area contributed by atoms with E-state index in [4.69, 9.17) is 0 Å². The van der Waals surface area contributed by atoms with E-state index in [2.05, 4.69) is 11.4 Å². The lowest BCUT2D eigenvalue weighted by molar-refractivity contribution is 0.221. The Balaban J connectivity index is 2.36. The smallest absolute Gasteiger partial charge is 0.130 e. The summed E-state index contributed by atoms with van der Waals surface area (Å²) in [6.07, 6.45) is 2.20. The second kappa shape index (κ2) is 3.93. The predicted molar refractivity (Wildman–Crippen MR) is 60.6 cm³/mol. The van der Waals surface area contributed by atoms with Gasteiger partial charge in [-0.15, -0.1) is 0 Å². The molecule has 0 bridgehead atoms. The van der Waals surface area contributed by atoms with Crippen LogP contribution in [0.4, 0.5) is 4.39 Å². The van der Waals surface area contributed by atoms with Crippen molar-refractivity contribution in [1.82, 2.24) is 5.32 Å². The Kier molecular flexibility index (Phi) is 2.79. The van der Waals surface area contributed by atoms with Crippen LogP contribution in [-0.4, -0.2) is 6.54 Å². The second-order valence-electron chi connectivity index (χ2n) is 4.74. The minimum absolute atomic E-state index is 0.795. The average Bonchev–Trinajstić information content (AvgIpc) is 2.39. The van der Waals surface area contributed by atoms with E-state index in [1.54, 1.807) is 13.8 Å². The van der Waals surface area contributed by atoms with Crippen LogP contribution in [0.2, 0.25) is 0 Å². The molecular formula is C13H18FN. The molecule has 0 saturated carbocycles. The number of halogens is 1. The molecule has 1 aromatic carbocycles. The van der Waals surface area contributed by atoms with E-state index >= 15 is 0 Å². The van der Waals surface area contributed by atoms with Crippen molar-refractivity contribution in [3.63, 3.8) is 0 Å². The number of hydrogen-bond acceptors (Lipinski definition) is 1. The standard InChI is InChI=1S/C13H18FN/c1-13(2,14)12-6-5-11-9-15-7-3-4-10(11)8-12/h5-6,8,15H,3-4,7,9H2,1-2H3. The van der Waals surface area contributed by atoms with Gasteiger partial charge in [-0.05, 0) is 49.9 Å². The Hall–Kier alpha value is -0.890. The van der Waals surface area contributed by atoms with Crippen LogP contribution in [0, 0.1) is 0 Å². The third-order valence-corrected chi connectivity index (χ3v) is 3.01. The highest BCUT2D eigenvalue weighted by atomic mass is 19.1. The van der Waals surface area contributed by atoms with Gasteiger partial charge in [-0.2, -0.15) is 0 Å². The van der Waals surface area contributed by atoms with Gasteiger partial charge in [0.25, 0.3) is 0 Å². The van der Waals surface area contributed by atoms with Crippen LogP contribution in [0.15, 0.2) is 18.2 Å². The summed E-state index contributed by atoms with van der Waals surface area (Å²) in [5.74, 6) is 0. The molecule has 1 N–H and O–H groups in total. The van der Waals surface area contributed by atoms with Crippen molar-refractivity contribution in [2.45, 2.75) is 38.9 Å². The summed E-state index contributed by atoms with van der Waals surface area (Å²) in [6.45, 7) is 5.21. The third-order valence-electron chi connectivity index (χ3n) is 3.01. The van der Waals surface area contributed by atoms with Crippen LogP contribution in [0.3, 0.4) is 0 Å². The van der Waals surface area contributed by atoms with Crippen molar-refractivity contribution in [2.75, 3.05) is 6.54 Å². The first-order valence-corrected chi connectivity index (χ1v) is 5.59. The van der Waals surface area contributed by atoms with Gasteiger partial charge < -0.3 is 5.32 Å². The Bertz CT molecular complexity index is 352. The van der Waals surface area contributed by atoms with E-state index in [0.717, 1.165) is 31.5 Å². The van der Waals surface area contributed by atoms with Crippen molar-refractivity contribution in [2.24, 2.45) is 0 Å². The maximum atomic E-state index is 13.8. The van der Waals surface area contributed by atoms with E-state index in [-0.39, 0.29) is 0 Å². The lowest BCUT2D eigenvalue weighted by atomic mass is 9.94. The van der Waals surface area contributed by atoms with Gasteiger partial charge in [0.2, 0.25) is 0 Å². The van der Waals surface area contributed by atoms with Gasteiger partial charge in [0.05, 0.1) is 0 Å². The molecule has 1 aliphatic rings. The Morgan fingerprint density at radius 1 is 1.27 bits per heavy atom. The highest BCUT2D eigenvalue weighted by molar-refractivity contribution is 5.35. The molecule has 0 unspecified atom stereocenters. The molecule has 0 fully saturated rings. The van der Waals surface area contributed by atoms with Crippen LogP contribution in [0.25, 0.3) is 0 Å². The number of fused-ring (bicyclic) bond motifs is 1. The quantitative estimate of drug-likeness (QED) is 0.746. The maximum absolute atomic E-state index is 13.8. The molecule has 2 heteroatoms. The number of rotatable bonds is 1. The zero-order chi connectivity index (χ0) is 10.9. The number of nitrogens with one attached hydrogen (secondary N) is 1. The van der Waals surface area contributed by atoms with E-state index in [9.17, 15) is 4.39 Å². The van der Waals surface area contributed by atoms with Gasteiger partial charge in [-0.25, -0.2) is 4.39 Å². The van der Waals surface area contributed by atoms with Crippen molar-refractivity contribution < 1.29 is 4.39 Å². The Morgan fingerprint density at radius 3 is 2.80 bits per heavy atom. The minimum Gasteiger partial charge on any atom is -0.313 e. The summed E-state index contributed by atoms with van der Waals surface area (Å²) in [6, 6.07) is 6.00. The fourth-order valence-corrected chi connectivity index (χ4v) is 2.03. The van der Waals surface area contributed by atoms with E-state index in [1.807, 2.05) is 12.1 Å². The van der Waals surface area contributed by atoms with Gasteiger partial charge in [-0.3, -0.25) is 0 Å². The zero-order valence-corrected chi connectivity index (χ0v) is 9.44. The molecule has 0 amide bonds. The summed E-state index contributed by atoms with van der Waals surface area (Å²) in [5, 5.41) is 3.37. The lowest BCUT2D eigenvalue weighted by Gasteiger charge is -2.17. The Morgan fingerprint density at radius 2 is 2.07 bits per heavy atom. The number of benzene rings is 1. The molecule has 1 aromatic rings. The van der Waals surface area contributed by atoms with Gasteiger partial charge in [-0.1, -0.05) is 18.2 Å². The molecule has 1 nitrogen and oxygen atoms in total. The monoisotopic (exact) mass is 207 g/mol. The number of hydrogen-bond donors (Lipinski definition) is 1. The van der Waals surface area contributed by atoms with Crippen molar-refractivity contribution in [3.8, 4) is 0 Å². The zero-order valence-electron chi connectivity index (χ0n) is 9.44. The number of aryl methyl sites for hydroxylation is 1. The summed E-state index contributed by atoms with van der Waals surface area (Å²) in [7, 11) is 0. The third kappa shape index (κ3) is 2.37. The molecule has 0 aromatic heterocycles. The summed E-state index contributed by atoms with van der Waals surface area (Å²) in [4.78, 5) is 0. The van der Waals surface area contributed by atoms with E-state index < -0.39 is 5.67 Å². The fraction of sp³-hybridized carbons (Fsp3) is 0.538. The first-order valence-electron chi connectivity index (χ1n) is 5.59. The summed E-state index contributed by atoms with van der Waals surface area (Å²) in [5.41, 5.74) is 2.20. The first kappa shape index (κ1) is 10.6. The number of alkyl halides is 1. The molecule has 82 valence electrons. The molecule has 1 aliphatic heterocycles. The molecule has 0 spiro atoms. The molecular weight excluding hydrogens is 189 g/mol. The molecule has 1 heterocycles. The Labute approximate surface area is 90.7 Å². The summed E-state index contributed by atoms with van der Waals surface area (Å²) < 4.78 is 13.8. The van der Waals surface area contributed by atoms with E-state index in [1.165, 1.54) is 11.1 Å². The van der Waals surface area contributed by atoms with Gasteiger partial charge in [0.15, 0.2) is 0 Å². The SMILES string of the molecule is CC(C)(F)c1ccc2c(c1)CCCNC2. The van der Waals surface area contributed by atoms with Crippen LogP contribution in [0.1, 0.15) is 37.0 Å². The van der Waals surface area contributed by atoms with Gasteiger partial charge in [0, 0.05) is 6.54 Å². The van der Waals surface area contributed by atoms with Crippen molar-refractivity contribution in [1.29, 1.82) is 0 Å². The van der Waals surface area contributed by atoms with E-state index in [0.29, 0.717) is 0 Å². The minimum atomic E-state index is -1.23. The second-order valence-corrected chi connectivity index (χ2v) is 4.74. The highest BCUT2D eigenvalue weighted by Gasteiger charge is 2.20. The van der Waals surface area contributed by atoms with Gasteiger partial charge in [0.1, 0.15) is 5.67 Å². The predicted octanol–water partition coefficient (Wildman–Crippen LogP) is 2.93. The maximum Gasteiger partial charge on any atom is 0.130 e. The van der Waals surface area contributed by atoms with Crippen molar-refractivity contribution in [3.05, 3.63) is 34.9 Å². The molecule has 0 saturated heterocycles. The molecule has 15 heavy (non-hydrogen) atoms. The normalized spacial score (nSPS) is 17.0. The largest absolute Gasteiger partial charge is 0.313 e.